The molecular weight excluding hydrogens is 500 g/mol. The summed E-state index contributed by atoms with van der Waals surface area (Å²) in [5, 5.41) is 3.10. The maximum atomic E-state index is 15.2. The van der Waals surface area contributed by atoms with Gasteiger partial charge in [-0.2, -0.15) is 0 Å². The predicted octanol–water partition coefficient (Wildman–Crippen LogP) is 3.38. The van der Waals surface area contributed by atoms with Gasteiger partial charge in [0.05, 0.1) is 11.7 Å². The number of halogens is 2. The Labute approximate surface area is 216 Å². The van der Waals surface area contributed by atoms with Gasteiger partial charge in [0.15, 0.2) is 17.6 Å². The Balaban J connectivity index is 1.72. The van der Waals surface area contributed by atoms with Crippen LogP contribution < -0.4 is 15.8 Å². The van der Waals surface area contributed by atoms with Gasteiger partial charge in [0.25, 0.3) is 0 Å². The highest BCUT2D eigenvalue weighted by Gasteiger charge is 2.50. The van der Waals surface area contributed by atoms with E-state index < -0.39 is 22.8 Å². The molecule has 9 nitrogen and oxygen atoms in total. The number of carbonyl (C=O) groups excluding carboxylic acids is 1. The highest BCUT2D eigenvalue weighted by molar-refractivity contribution is 8.15. The first-order valence-electron chi connectivity index (χ1n) is 11.2. The number of amidine groups is 1. The Bertz CT molecular complexity index is 1430. The smallest absolute Gasteiger partial charge is 0.238 e. The summed E-state index contributed by atoms with van der Waals surface area (Å²) < 4.78 is 34.1. The monoisotopic (exact) mass is 525 g/mol. The lowest BCUT2D eigenvalue weighted by molar-refractivity contribution is -0.131. The quantitative estimate of drug-likeness (QED) is 0.451. The summed E-state index contributed by atoms with van der Waals surface area (Å²) in [6, 6.07) is 5.79. The lowest BCUT2D eigenvalue weighted by Gasteiger charge is -2.41. The van der Waals surface area contributed by atoms with Crippen molar-refractivity contribution in [1.29, 1.82) is 0 Å². The van der Waals surface area contributed by atoms with Crippen molar-refractivity contribution in [3.63, 3.8) is 0 Å². The number of nitrogens with one attached hydrogen (secondary N) is 1. The van der Waals surface area contributed by atoms with Crippen molar-refractivity contribution in [3.8, 4) is 18.2 Å². The zero-order valence-corrected chi connectivity index (χ0v) is 21.3. The van der Waals surface area contributed by atoms with E-state index in [0.29, 0.717) is 22.5 Å². The molecule has 2 atom stereocenters. The summed E-state index contributed by atoms with van der Waals surface area (Å²) in [5.41, 5.74) is 5.66. The Morgan fingerprint density at radius 2 is 2.14 bits per heavy atom. The fourth-order valence-corrected chi connectivity index (χ4v) is 5.56. The summed E-state index contributed by atoms with van der Waals surface area (Å²) in [6.45, 7) is 0.658. The molecule has 4 rings (SSSR count). The van der Waals surface area contributed by atoms with E-state index in [9.17, 15) is 9.18 Å². The number of rotatable bonds is 7. The van der Waals surface area contributed by atoms with Crippen molar-refractivity contribution in [2.75, 3.05) is 32.7 Å². The second-order valence-electron chi connectivity index (χ2n) is 8.87. The number of thioether (sulfide) groups is 1. The second kappa shape index (κ2) is 10.2. The minimum absolute atomic E-state index is 0.00761. The van der Waals surface area contributed by atoms with E-state index in [4.69, 9.17) is 16.9 Å². The third-order valence-electron chi connectivity index (χ3n) is 5.84. The van der Waals surface area contributed by atoms with Gasteiger partial charge in [0.1, 0.15) is 28.3 Å². The molecule has 192 valence electrons. The number of nitrogens with zero attached hydrogens (tertiary/aromatic N) is 5. The van der Waals surface area contributed by atoms with Gasteiger partial charge in [-0.3, -0.25) is 4.79 Å². The number of alkyl halides is 1. The van der Waals surface area contributed by atoms with Crippen LogP contribution in [0.3, 0.4) is 0 Å². The molecule has 0 fully saturated rings. The Kier molecular flexibility index (Phi) is 7.18. The van der Waals surface area contributed by atoms with E-state index in [-0.39, 0.29) is 35.5 Å². The maximum absolute atomic E-state index is 15.2. The van der Waals surface area contributed by atoms with Gasteiger partial charge >= 0.3 is 0 Å². The van der Waals surface area contributed by atoms with Crippen molar-refractivity contribution in [3.05, 3.63) is 48.0 Å². The molecule has 0 spiro atoms. The van der Waals surface area contributed by atoms with Gasteiger partial charge in [0, 0.05) is 38.0 Å². The lowest BCUT2D eigenvalue weighted by atomic mass is 9.81. The van der Waals surface area contributed by atoms with Crippen LogP contribution in [0.25, 0.3) is 11.0 Å². The zero-order valence-electron chi connectivity index (χ0n) is 20.5. The molecule has 0 saturated carbocycles. The van der Waals surface area contributed by atoms with Crippen LogP contribution in [0.5, 0.6) is 5.88 Å². The number of pyridine rings is 1. The molecule has 37 heavy (non-hydrogen) atoms. The fourth-order valence-electron chi connectivity index (χ4n) is 4.30. The van der Waals surface area contributed by atoms with Crippen molar-refractivity contribution < 1.29 is 18.3 Å². The molecule has 0 bridgehead atoms. The SMILES string of the molecule is C#CCOc1cnc2c(Nc3ccc(F)c([C@]4(CF)C[C@](C)(C(=O)N(C)C)SC(N)=N4)c3)nccc2n1. The molecule has 12 heteroatoms. The number of amides is 1. The van der Waals surface area contributed by atoms with Crippen LogP contribution in [0.2, 0.25) is 0 Å². The molecule has 0 aliphatic carbocycles. The topological polar surface area (TPSA) is 119 Å². The van der Waals surface area contributed by atoms with Crippen LogP contribution >= 0.6 is 11.8 Å². The van der Waals surface area contributed by atoms with E-state index in [1.807, 2.05) is 0 Å². The van der Waals surface area contributed by atoms with Crippen LogP contribution in [0.15, 0.2) is 41.7 Å². The number of hydrogen-bond donors (Lipinski definition) is 2. The van der Waals surface area contributed by atoms with Gasteiger partial charge in [0.2, 0.25) is 11.8 Å². The molecule has 1 amide bonds. The van der Waals surface area contributed by atoms with E-state index in [1.165, 1.54) is 35.5 Å². The number of carbonyl (C=O) groups is 1. The van der Waals surface area contributed by atoms with Crippen LogP contribution in [-0.2, 0) is 10.3 Å². The molecular formula is C25H25F2N7O2S. The fraction of sp³-hybridized carbons (Fsp3) is 0.320. The highest BCUT2D eigenvalue weighted by Crippen LogP contribution is 2.47. The maximum Gasteiger partial charge on any atom is 0.238 e. The largest absolute Gasteiger partial charge is 0.463 e. The second-order valence-corrected chi connectivity index (χ2v) is 10.4. The summed E-state index contributed by atoms with van der Waals surface area (Å²) in [4.78, 5) is 31.7. The van der Waals surface area contributed by atoms with E-state index >= 15 is 4.39 Å². The number of aliphatic imine (C=N–C) groups is 1. The first-order valence-corrected chi connectivity index (χ1v) is 12.0. The van der Waals surface area contributed by atoms with Crippen LogP contribution in [0.4, 0.5) is 20.3 Å². The van der Waals surface area contributed by atoms with Crippen LogP contribution in [-0.4, -0.2) is 63.1 Å². The Morgan fingerprint density at radius 3 is 2.84 bits per heavy atom. The van der Waals surface area contributed by atoms with Crippen molar-refractivity contribution in [2.24, 2.45) is 10.7 Å². The molecule has 0 unspecified atom stereocenters. The normalized spacial score (nSPS) is 21.1. The van der Waals surface area contributed by atoms with Crippen molar-refractivity contribution in [1.82, 2.24) is 19.9 Å². The number of fused-ring (bicyclic) bond motifs is 1. The standard InChI is InChI=1S/C25H25F2N7O2S/c1-5-10-36-19-12-30-20-18(32-19)8-9-29-21(20)31-15-6-7-17(27)16(11-15)25(14-26)13-24(2,22(35)34(3)4)37-23(28)33-25/h1,6-9,11-12H,10,13-14H2,2-4H3,(H2,28,33)(H,29,31)/t24-,25-/m1/s1. The molecule has 0 radical (unpaired) electrons. The number of anilines is 2. The number of terminal acetylenes is 1. The number of benzene rings is 1. The number of aromatic nitrogens is 3. The molecule has 0 saturated heterocycles. The summed E-state index contributed by atoms with van der Waals surface area (Å²) in [6.07, 6.45) is 8.08. The van der Waals surface area contributed by atoms with Crippen molar-refractivity contribution in [2.45, 2.75) is 23.6 Å². The average Bonchev–Trinajstić information content (AvgIpc) is 2.87. The predicted molar refractivity (Wildman–Crippen MR) is 140 cm³/mol. The molecule has 3 N–H and O–H groups in total. The number of hydrogen-bond acceptors (Lipinski definition) is 9. The van der Waals surface area contributed by atoms with Gasteiger partial charge in [-0.1, -0.05) is 17.7 Å². The van der Waals surface area contributed by atoms with Gasteiger partial charge in [-0.15, -0.1) is 6.42 Å². The number of ether oxygens (including phenoxy) is 1. The molecule has 1 aliphatic heterocycles. The average molecular weight is 526 g/mol. The first kappa shape index (κ1) is 26.1. The first-order chi connectivity index (χ1) is 17.6. The molecule has 1 aliphatic rings. The minimum atomic E-state index is -1.69. The highest BCUT2D eigenvalue weighted by atomic mass is 32.2. The minimum Gasteiger partial charge on any atom is -0.463 e. The van der Waals surface area contributed by atoms with E-state index in [1.54, 1.807) is 27.1 Å². The Morgan fingerprint density at radius 1 is 1.35 bits per heavy atom. The summed E-state index contributed by atoms with van der Waals surface area (Å²) in [5.74, 6) is 2.02. The lowest BCUT2D eigenvalue weighted by Crippen LogP contribution is -2.51. The van der Waals surface area contributed by atoms with Crippen LogP contribution in [0.1, 0.15) is 18.9 Å². The van der Waals surface area contributed by atoms with Crippen molar-refractivity contribution >= 4 is 45.4 Å². The van der Waals surface area contributed by atoms with Crippen LogP contribution in [0, 0.1) is 18.2 Å². The zero-order chi connectivity index (χ0) is 26.8. The Hall–Kier alpha value is -3.98. The summed E-state index contributed by atoms with van der Waals surface area (Å²) in [7, 11) is 3.20. The molecule has 1 aromatic carbocycles. The van der Waals surface area contributed by atoms with Gasteiger partial charge in [-0.25, -0.2) is 28.7 Å². The summed E-state index contributed by atoms with van der Waals surface area (Å²) >= 11 is 1.04. The van der Waals surface area contributed by atoms with E-state index in [0.717, 1.165) is 11.8 Å². The third kappa shape index (κ3) is 5.13. The van der Waals surface area contributed by atoms with E-state index in [2.05, 4.69) is 31.2 Å². The molecule has 2 aromatic heterocycles. The van der Waals surface area contributed by atoms with Gasteiger partial charge in [-0.05, 0) is 31.2 Å². The van der Waals surface area contributed by atoms with Gasteiger partial charge < -0.3 is 20.7 Å². The molecule has 3 heterocycles. The number of nitrogens with two attached hydrogens (primary N) is 1. The third-order valence-corrected chi connectivity index (χ3v) is 6.90. The molecule has 3 aromatic rings.